The van der Waals surface area contributed by atoms with Gasteiger partial charge in [0.05, 0.1) is 4.47 Å². The van der Waals surface area contributed by atoms with Crippen LogP contribution in [0.3, 0.4) is 0 Å². The van der Waals surface area contributed by atoms with Gasteiger partial charge in [-0.25, -0.2) is 0 Å². The lowest BCUT2D eigenvalue weighted by Crippen LogP contribution is -2.27. The Morgan fingerprint density at radius 3 is 2.69 bits per heavy atom. The zero-order chi connectivity index (χ0) is 12.2. The largest absolute Gasteiger partial charge is 0.483 e. The summed E-state index contributed by atoms with van der Waals surface area (Å²) >= 11 is 3.11. The van der Waals surface area contributed by atoms with Crippen molar-refractivity contribution < 1.29 is 23.0 Å². The second kappa shape index (κ2) is 5.36. The number of carbonyl (C=O) groups is 1. The molecule has 6 heteroatoms. The van der Waals surface area contributed by atoms with Crippen LogP contribution in [0, 0.1) is 0 Å². The number of alkyl halides is 2. The maximum atomic E-state index is 12.7. The van der Waals surface area contributed by atoms with Crippen LogP contribution in [-0.4, -0.2) is 26.1 Å². The number of ether oxygens (including phenoxy) is 2. The van der Waals surface area contributed by atoms with Crippen LogP contribution >= 0.6 is 15.9 Å². The molecule has 0 unspecified atom stereocenters. The normalized spacial score (nSPS) is 11.2. The fourth-order valence-corrected chi connectivity index (χ4v) is 1.44. The van der Waals surface area contributed by atoms with E-state index in [1.54, 1.807) is 0 Å². The molecule has 0 saturated carbocycles. The topological polar surface area (TPSA) is 35.5 Å². The Labute approximate surface area is 99.5 Å². The van der Waals surface area contributed by atoms with Gasteiger partial charge in [0.15, 0.2) is 6.61 Å². The van der Waals surface area contributed by atoms with Crippen molar-refractivity contribution in [1.82, 2.24) is 0 Å². The van der Waals surface area contributed by atoms with Gasteiger partial charge in [0.1, 0.15) is 12.0 Å². The molecule has 0 saturated heterocycles. The van der Waals surface area contributed by atoms with Gasteiger partial charge in [-0.05, 0) is 34.1 Å². The second-order valence-electron chi connectivity index (χ2n) is 2.94. The molecule has 0 radical (unpaired) electrons. The Balaban J connectivity index is 2.71. The van der Waals surface area contributed by atoms with Crippen LogP contribution in [0.4, 0.5) is 8.78 Å². The van der Waals surface area contributed by atoms with Gasteiger partial charge < -0.3 is 9.47 Å². The predicted molar refractivity (Wildman–Crippen MR) is 57.0 cm³/mol. The summed E-state index contributed by atoms with van der Waals surface area (Å²) < 4.78 is 34.6. The fourth-order valence-electron chi connectivity index (χ4n) is 0.928. The van der Waals surface area contributed by atoms with Crippen LogP contribution in [0.15, 0.2) is 22.7 Å². The van der Waals surface area contributed by atoms with Crippen molar-refractivity contribution in [2.24, 2.45) is 0 Å². The summed E-state index contributed by atoms with van der Waals surface area (Å²) in [5.74, 6) is 0.224. The molecule has 0 heterocycles. The van der Waals surface area contributed by atoms with Crippen LogP contribution in [0.2, 0.25) is 0 Å². The minimum Gasteiger partial charge on any atom is -0.483 e. The van der Waals surface area contributed by atoms with E-state index in [2.05, 4.69) is 20.7 Å². The quantitative estimate of drug-likeness (QED) is 0.784. The van der Waals surface area contributed by atoms with Gasteiger partial charge in [-0.2, -0.15) is 8.78 Å². The van der Waals surface area contributed by atoms with Gasteiger partial charge in [-0.15, -0.1) is 0 Å². The van der Waals surface area contributed by atoms with Crippen molar-refractivity contribution in [3.05, 3.63) is 28.2 Å². The third-order valence-corrected chi connectivity index (χ3v) is 2.41. The molecule has 0 aliphatic rings. The van der Waals surface area contributed by atoms with Gasteiger partial charge in [0.2, 0.25) is 0 Å². The van der Waals surface area contributed by atoms with Crippen molar-refractivity contribution in [1.29, 1.82) is 0 Å². The molecular formula is C10H9BrF2O3. The summed E-state index contributed by atoms with van der Waals surface area (Å²) in [6.07, 6.45) is -2.68. The first-order chi connectivity index (χ1) is 7.48. The molecule has 0 fully saturated rings. The Bertz CT molecular complexity index is 382. The van der Waals surface area contributed by atoms with Crippen LogP contribution in [0.5, 0.6) is 5.75 Å². The number of rotatable bonds is 5. The lowest BCUT2D eigenvalue weighted by molar-refractivity contribution is -0.237. The number of halogens is 3. The summed E-state index contributed by atoms with van der Waals surface area (Å²) in [6.45, 7) is -0.886. The molecule has 0 aliphatic carbocycles. The lowest BCUT2D eigenvalue weighted by atomic mass is 10.2. The van der Waals surface area contributed by atoms with Crippen LogP contribution in [-0.2, 0) is 4.74 Å². The third-order valence-electron chi connectivity index (χ3n) is 1.79. The first-order valence-electron chi connectivity index (χ1n) is 4.29. The number of carbonyl (C=O) groups excluding carboxylic acids is 1. The maximum absolute atomic E-state index is 12.7. The van der Waals surface area contributed by atoms with E-state index in [0.717, 1.165) is 7.11 Å². The van der Waals surface area contributed by atoms with Gasteiger partial charge >= 0.3 is 6.11 Å². The SMILES string of the molecule is COC(F)(F)COc1ccc(C=O)cc1Br. The van der Waals surface area contributed by atoms with E-state index in [-0.39, 0.29) is 5.75 Å². The van der Waals surface area contributed by atoms with E-state index >= 15 is 0 Å². The Morgan fingerprint density at radius 1 is 1.50 bits per heavy atom. The van der Waals surface area contributed by atoms with E-state index in [9.17, 15) is 13.6 Å². The van der Waals surface area contributed by atoms with E-state index in [1.807, 2.05) is 0 Å². The van der Waals surface area contributed by atoms with Crippen molar-refractivity contribution in [3.63, 3.8) is 0 Å². The second-order valence-corrected chi connectivity index (χ2v) is 3.79. The minimum atomic E-state index is -3.33. The average Bonchev–Trinajstić information content (AvgIpc) is 2.27. The zero-order valence-corrected chi connectivity index (χ0v) is 9.96. The molecule has 0 aliphatic heterocycles. The molecule has 0 N–H and O–H groups in total. The van der Waals surface area contributed by atoms with E-state index in [1.165, 1.54) is 18.2 Å². The van der Waals surface area contributed by atoms with E-state index in [4.69, 9.17) is 4.74 Å². The Hall–Kier alpha value is -1.01. The molecule has 0 amide bonds. The molecule has 0 atom stereocenters. The standard InChI is InChI=1S/C10H9BrF2O3/c1-15-10(12,13)6-16-9-3-2-7(5-14)4-8(9)11/h2-5H,6H2,1H3. The predicted octanol–water partition coefficient (Wildman–Crippen LogP) is 2.88. The van der Waals surface area contributed by atoms with Crippen molar-refractivity contribution in [3.8, 4) is 5.75 Å². The fraction of sp³-hybridized carbons (Fsp3) is 0.300. The lowest BCUT2D eigenvalue weighted by Gasteiger charge is -2.15. The molecule has 3 nitrogen and oxygen atoms in total. The van der Waals surface area contributed by atoms with Crippen molar-refractivity contribution >= 4 is 22.2 Å². The third kappa shape index (κ3) is 3.53. The number of aldehydes is 1. The first-order valence-corrected chi connectivity index (χ1v) is 5.08. The van der Waals surface area contributed by atoms with E-state index < -0.39 is 12.7 Å². The van der Waals surface area contributed by atoms with Crippen molar-refractivity contribution in [2.75, 3.05) is 13.7 Å². The molecule has 1 aromatic rings. The molecule has 1 rings (SSSR count). The molecular weight excluding hydrogens is 286 g/mol. The monoisotopic (exact) mass is 294 g/mol. The number of benzene rings is 1. The summed E-state index contributed by atoms with van der Waals surface area (Å²) in [6, 6.07) is 4.38. The van der Waals surface area contributed by atoms with Gasteiger partial charge in [-0.3, -0.25) is 4.79 Å². The summed E-state index contributed by atoms with van der Waals surface area (Å²) in [5, 5.41) is 0. The molecule has 0 spiro atoms. The molecule has 0 bridgehead atoms. The van der Waals surface area contributed by atoms with Crippen LogP contribution < -0.4 is 4.74 Å². The Morgan fingerprint density at radius 2 is 2.19 bits per heavy atom. The number of hydrogen-bond acceptors (Lipinski definition) is 3. The summed E-state index contributed by atoms with van der Waals surface area (Å²) in [4.78, 5) is 10.4. The van der Waals surface area contributed by atoms with E-state index in [0.29, 0.717) is 16.3 Å². The molecule has 1 aromatic carbocycles. The number of methoxy groups -OCH3 is 1. The van der Waals surface area contributed by atoms with Gasteiger partial charge in [0, 0.05) is 12.7 Å². The minimum absolute atomic E-state index is 0.224. The Kier molecular flexibility index (Phi) is 4.37. The van der Waals surface area contributed by atoms with Gasteiger partial charge in [-0.1, -0.05) is 0 Å². The number of hydrogen-bond donors (Lipinski definition) is 0. The summed E-state index contributed by atoms with van der Waals surface area (Å²) in [5.41, 5.74) is 0.428. The smallest absolute Gasteiger partial charge is 0.389 e. The van der Waals surface area contributed by atoms with Crippen LogP contribution in [0.1, 0.15) is 10.4 Å². The van der Waals surface area contributed by atoms with Gasteiger partial charge in [0.25, 0.3) is 0 Å². The molecule has 88 valence electrons. The van der Waals surface area contributed by atoms with Crippen LogP contribution in [0.25, 0.3) is 0 Å². The highest BCUT2D eigenvalue weighted by Gasteiger charge is 2.29. The highest BCUT2D eigenvalue weighted by molar-refractivity contribution is 9.10. The molecule has 0 aromatic heterocycles. The highest BCUT2D eigenvalue weighted by atomic mass is 79.9. The maximum Gasteiger partial charge on any atom is 0.389 e. The van der Waals surface area contributed by atoms with Crippen molar-refractivity contribution in [2.45, 2.75) is 6.11 Å². The zero-order valence-electron chi connectivity index (χ0n) is 8.38. The average molecular weight is 295 g/mol. The summed E-state index contributed by atoms with van der Waals surface area (Å²) in [7, 11) is 0.897. The molecule has 16 heavy (non-hydrogen) atoms. The highest BCUT2D eigenvalue weighted by Crippen LogP contribution is 2.27. The first kappa shape index (κ1) is 13.1.